The maximum atomic E-state index is 5.58. The second-order valence-corrected chi connectivity index (χ2v) is 4.62. The Morgan fingerprint density at radius 1 is 1.44 bits per heavy atom. The van der Waals surface area contributed by atoms with Crippen LogP contribution in [0.1, 0.15) is 11.3 Å². The number of H-pyrrole nitrogens is 1. The summed E-state index contributed by atoms with van der Waals surface area (Å²) < 4.78 is 6.36. The minimum Gasteiger partial charge on any atom is -0.497 e. The van der Waals surface area contributed by atoms with Gasteiger partial charge >= 0.3 is 0 Å². The van der Waals surface area contributed by atoms with E-state index in [0.717, 1.165) is 33.2 Å². The van der Waals surface area contributed by atoms with E-state index in [2.05, 4.69) is 27.8 Å². The summed E-state index contributed by atoms with van der Waals surface area (Å²) in [6.07, 6.45) is 0.844. The average molecular weight is 283 g/mol. The molecule has 3 nitrogen and oxygen atoms in total. The van der Waals surface area contributed by atoms with Gasteiger partial charge in [0.25, 0.3) is 0 Å². The van der Waals surface area contributed by atoms with Gasteiger partial charge in [0.1, 0.15) is 5.75 Å². The Morgan fingerprint density at radius 3 is 2.81 bits per heavy atom. The van der Waals surface area contributed by atoms with Crippen LogP contribution >= 0.6 is 15.9 Å². The molecular formula is C12H15BrN2O. The molecule has 0 saturated heterocycles. The van der Waals surface area contributed by atoms with Gasteiger partial charge in [-0.2, -0.15) is 0 Å². The number of rotatable bonds is 3. The molecule has 0 atom stereocenters. The van der Waals surface area contributed by atoms with Crippen molar-refractivity contribution >= 4 is 26.8 Å². The van der Waals surface area contributed by atoms with Gasteiger partial charge in [-0.3, -0.25) is 0 Å². The molecule has 0 radical (unpaired) electrons. The molecule has 1 aromatic carbocycles. The van der Waals surface area contributed by atoms with Crippen LogP contribution in [0.5, 0.6) is 5.75 Å². The second kappa shape index (κ2) is 4.47. The zero-order valence-electron chi connectivity index (χ0n) is 9.43. The number of nitrogens with two attached hydrogens (primary N) is 1. The normalized spacial score (nSPS) is 11.0. The number of fused-ring (bicyclic) bond motifs is 1. The van der Waals surface area contributed by atoms with E-state index in [1.165, 1.54) is 5.56 Å². The third kappa shape index (κ3) is 1.83. The molecule has 4 heteroatoms. The smallest absolute Gasteiger partial charge is 0.119 e. The number of methoxy groups -OCH3 is 1. The molecule has 16 heavy (non-hydrogen) atoms. The average Bonchev–Trinajstić information content (AvgIpc) is 2.58. The molecule has 2 aromatic rings. The molecule has 0 saturated carbocycles. The van der Waals surface area contributed by atoms with Crippen molar-refractivity contribution in [3.63, 3.8) is 0 Å². The molecule has 0 aliphatic carbocycles. The Bertz CT molecular complexity index is 519. The van der Waals surface area contributed by atoms with Gasteiger partial charge in [-0.05, 0) is 47.1 Å². The fraction of sp³-hybridized carbons (Fsp3) is 0.333. The summed E-state index contributed by atoms with van der Waals surface area (Å²) >= 11 is 3.61. The van der Waals surface area contributed by atoms with Crippen molar-refractivity contribution in [2.75, 3.05) is 13.7 Å². The van der Waals surface area contributed by atoms with Gasteiger partial charge in [0.15, 0.2) is 0 Å². The summed E-state index contributed by atoms with van der Waals surface area (Å²) in [6, 6.07) is 4.06. The van der Waals surface area contributed by atoms with Gasteiger partial charge in [-0.25, -0.2) is 0 Å². The predicted octanol–water partition coefficient (Wildman–Crippen LogP) is 2.75. The summed E-state index contributed by atoms with van der Waals surface area (Å²) in [5.74, 6) is 0.879. The minimum absolute atomic E-state index is 0.640. The van der Waals surface area contributed by atoms with Crippen molar-refractivity contribution in [3.05, 3.63) is 27.9 Å². The SMILES string of the molecule is COc1cc(C)c2[nH]c(CCN)c(Br)c2c1. The molecule has 0 spiro atoms. The molecule has 0 aliphatic rings. The zero-order valence-corrected chi connectivity index (χ0v) is 11.0. The van der Waals surface area contributed by atoms with Crippen LogP contribution in [-0.4, -0.2) is 18.6 Å². The van der Waals surface area contributed by atoms with Crippen LogP contribution in [0.3, 0.4) is 0 Å². The standard InChI is InChI=1S/C12H15BrN2O/c1-7-5-8(16-2)6-9-11(13)10(3-4-14)15-12(7)9/h5-6,15H,3-4,14H2,1-2H3. The van der Waals surface area contributed by atoms with Gasteiger partial charge < -0.3 is 15.5 Å². The topological polar surface area (TPSA) is 51.0 Å². The summed E-state index contributed by atoms with van der Waals surface area (Å²) in [4.78, 5) is 3.40. The van der Waals surface area contributed by atoms with E-state index in [-0.39, 0.29) is 0 Å². The van der Waals surface area contributed by atoms with E-state index in [9.17, 15) is 0 Å². The van der Waals surface area contributed by atoms with E-state index in [0.29, 0.717) is 6.54 Å². The van der Waals surface area contributed by atoms with Gasteiger partial charge in [-0.1, -0.05) is 0 Å². The van der Waals surface area contributed by atoms with Crippen molar-refractivity contribution in [1.29, 1.82) is 0 Å². The Morgan fingerprint density at radius 2 is 2.19 bits per heavy atom. The first kappa shape index (κ1) is 11.5. The van der Waals surface area contributed by atoms with Crippen LogP contribution in [0.15, 0.2) is 16.6 Å². The Balaban J connectivity index is 2.66. The summed E-state index contributed by atoms with van der Waals surface area (Å²) in [5.41, 5.74) is 9.06. The first-order valence-electron chi connectivity index (χ1n) is 5.22. The van der Waals surface area contributed by atoms with Crippen LogP contribution in [0.25, 0.3) is 10.9 Å². The summed E-state index contributed by atoms with van der Waals surface area (Å²) in [5, 5.41) is 1.15. The lowest BCUT2D eigenvalue weighted by Crippen LogP contribution is -2.03. The van der Waals surface area contributed by atoms with E-state index in [1.807, 2.05) is 12.1 Å². The van der Waals surface area contributed by atoms with Crippen LogP contribution < -0.4 is 10.5 Å². The number of aryl methyl sites for hydroxylation is 1. The van der Waals surface area contributed by atoms with Crippen molar-refractivity contribution in [1.82, 2.24) is 4.98 Å². The molecule has 86 valence electrons. The summed E-state index contributed by atoms with van der Waals surface area (Å²) in [7, 11) is 1.68. The second-order valence-electron chi connectivity index (χ2n) is 3.82. The minimum atomic E-state index is 0.640. The fourth-order valence-electron chi connectivity index (χ4n) is 1.90. The lowest BCUT2D eigenvalue weighted by molar-refractivity contribution is 0.415. The first-order chi connectivity index (χ1) is 7.67. The molecule has 3 N–H and O–H groups in total. The third-order valence-electron chi connectivity index (χ3n) is 2.72. The highest BCUT2D eigenvalue weighted by Gasteiger charge is 2.11. The van der Waals surface area contributed by atoms with Crippen molar-refractivity contribution < 1.29 is 4.74 Å². The molecule has 1 heterocycles. The maximum absolute atomic E-state index is 5.58. The number of aromatic nitrogens is 1. The van der Waals surface area contributed by atoms with Crippen LogP contribution in [0, 0.1) is 6.92 Å². The van der Waals surface area contributed by atoms with Crippen LogP contribution in [0.4, 0.5) is 0 Å². The molecule has 0 amide bonds. The molecule has 0 fully saturated rings. The van der Waals surface area contributed by atoms with E-state index < -0.39 is 0 Å². The lowest BCUT2D eigenvalue weighted by Gasteiger charge is -2.02. The van der Waals surface area contributed by atoms with Gasteiger partial charge in [0.2, 0.25) is 0 Å². The predicted molar refractivity (Wildman–Crippen MR) is 70.0 cm³/mol. The van der Waals surface area contributed by atoms with Gasteiger partial charge in [-0.15, -0.1) is 0 Å². The van der Waals surface area contributed by atoms with Crippen molar-refractivity contribution in [2.24, 2.45) is 5.73 Å². The molecule has 2 rings (SSSR count). The zero-order chi connectivity index (χ0) is 11.7. The quantitative estimate of drug-likeness (QED) is 0.910. The van der Waals surface area contributed by atoms with Crippen LogP contribution in [0.2, 0.25) is 0 Å². The number of halogens is 1. The number of hydrogen-bond donors (Lipinski definition) is 2. The van der Waals surface area contributed by atoms with E-state index in [1.54, 1.807) is 7.11 Å². The molecule has 0 aliphatic heterocycles. The number of benzene rings is 1. The maximum Gasteiger partial charge on any atom is 0.119 e. The van der Waals surface area contributed by atoms with Gasteiger partial charge in [0.05, 0.1) is 7.11 Å². The molecule has 0 bridgehead atoms. The Hall–Kier alpha value is -1.00. The Kier molecular flexibility index (Phi) is 3.21. The third-order valence-corrected chi connectivity index (χ3v) is 3.62. The largest absolute Gasteiger partial charge is 0.497 e. The van der Waals surface area contributed by atoms with Gasteiger partial charge in [0, 0.05) is 27.5 Å². The lowest BCUT2D eigenvalue weighted by atomic mass is 10.1. The number of ether oxygens (including phenoxy) is 1. The summed E-state index contributed by atoms with van der Waals surface area (Å²) in [6.45, 7) is 2.71. The number of aromatic amines is 1. The highest BCUT2D eigenvalue weighted by molar-refractivity contribution is 9.10. The monoisotopic (exact) mass is 282 g/mol. The first-order valence-corrected chi connectivity index (χ1v) is 6.01. The van der Waals surface area contributed by atoms with E-state index in [4.69, 9.17) is 10.5 Å². The molecule has 0 unspecified atom stereocenters. The van der Waals surface area contributed by atoms with Crippen molar-refractivity contribution in [3.8, 4) is 5.75 Å². The fourth-order valence-corrected chi connectivity index (χ4v) is 2.51. The highest BCUT2D eigenvalue weighted by atomic mass is 79.9. The molecular weight excluding hydrogens is 268 g/mol. The van der Waals surface area contributed by atoms with E-state index >= 15 is 0 Å². The highest BCUT2D eigenvalue weighted by Crippen LogP contribution is 2.33. The number of nitrogens with one attached hydrogen (secondary N) is 1. The number of hydrogen-bond acceptors (Lipinski definition) is 2. The molecule has 1 aromatic heterocycles. The Labute approximate surface area is 103 Å². The van der Waals surface area contributed by atoms with Crippen molar-refractivity contribution in [2.45, 2.75) is 13.3 Å². The van der Waals surface area contributed by atoms with Crippen LogP contribution in [-0.2, 0) is 6.42 Å².